The minimum atomic E-state index is -0.791. The minimum absolute atomic E-state index is 0.256. The van der Waals surface area contributed by atoms with Gasteiger partial charge in [-0.1, -0.05) is 91.0 Å². The Morgan fingerprint density at radius 1 is 0.878 bits per heavy atom. The van der Waals surface area contributed by atoms with Gasteiger partial charge in [0.25, 0.3) is 0 Å². The predicted molar refractivity (Wildman–Crippen MR) is 163 cm³/mol. The molecule has 1 unspecified atom stereocenters. The van der Waals surface area contributed by atoms with Gasteiger partial charge in [-0.15, -0.1) is 0 Å². The molecule has 0 aromatic heterocycles. The van der Waals surface area contributed by atoms with Gasteiger partial charge >= 0.3 is 5.97 Å². The van der Waals surface area contributed by atoms with E-state index < -0.39 is 12.0 Å². The number of benzene rings is 3. The second-order valence-electron chi connectivity index (χ2n) is 11.6. The van der Waals surface area contributed by atoms with Gasteiger partial charge in [-0.25, -0.2) is 0 Å². The second-order valence-corrected chi connectivity index (χ2v) is 11.6. The smallest absolute Gasteiger partial charge is 0.325 e. The molecule has 216 valence electrons. The lowest BCUT2D eigenvalue weighted by molar-refractivity contribution is -0.143. The number of carbonyl (C=O) groups excluding carboxylic acids is 1. The maximum atomic E-state index is 13.1. The van der Waals surface area contributed by atoms with E-state index in [1.165, 1.54) is 11.1 Å². The molecule has 2 aliphatic heterocycles. The number of piperidine rings is 1. The first-order valence-corrected chi connectivity index (χ1v) is 15.2. The van der Waals surface area contributed by atoms with Crippen molar-refractivity contribution < 1.29 is 14.7 Å². The van der Waals surface area contributed by atoms with Crippen LogP contribution in [0.1, 0.15) is 54.8 Å². The Balaban J connectivity index is 1.22. The highest BCUT2D eigenvalue weighted by Crippen LogP contribution is 2.38. The molecule has 1 N–H and O–H groups in total. The Morgan fingerprint density at radius 2 is 1.49 bits per heavy atom. The highest BCUT2D eigenvalue weighted by Gasteiger charge is 2.41. The van der Waals surface area contributed by atoms with Crippen LogP contribution in [0.3, 0.4) is 0 Å². The molecule has 41 heavy (non-hydrogen) atoms. The number of amides is 1. The van der Waals surface area contributed by atoms with E-state index in [0.29, 0.717) is 18.4 Å². The molecule has 6 nitrogen and oxygen atoms in total. The minimum Gasteiger partial charge on any atom is -0.480 e. The molecular formula is C35H43N3O3. The van der Waals surface area contributed by atoms with Crippen LogP contribution in [0.2, 0.25) is 0 Å². The Labute approximate surface area is 244 Å². The van der Waals surface area contributed by atoms with Crippen molar-refractivity contribution in [2.24, 2.45) is 5.92 Å². The Hall–Kier alpha value is -3.48. The van der Waals surface area contributed by atoms with Gasteiger partial charge < -0.3 is 14.9 Å². The number of rotatable bonds is 11. The third-order valence-electron chi connectivity index (χ3n) is 9.03. The summed E-state index contributed by atoms with van der Waals surface area (Å²) in [6, 6.07) is 30.1. The number of carbonyl (C=O) groups is 2. The van der Waals surface area contributed by atoms with Crippen LogP contribution in [0.5, 0.6) is 0 Å². The van der Waals surface area contributed by atoms with E-state index in [4.69, 9.17) is 0 Å². The zero-order valence-electron chi connectivity index (χ0n) is 24.1. The van der Waals surface area contributed by atoms with E-state index in [1.54, 1.807) is 0 Å². The first-order valence-electron chi connectivity index (χ1n) is 15.2. The summed E-state index contributed by atoms with van der Waals surface area (Å²) in [5, 5.41) is 10.2. The topological polar surface area (TPSA) is 64.1 Å². The molecule has 3 aromatic rings. The van der Waals surface area contributed by atoms with Crippen molar-refractivity contribution in [3.63, 3.8) is 0 Å². The third kappa shape index (κ3) is 7.24. The second kappa shape index (κ2) is 13.9. The van der Waals surface area contributed by atoms with Crippen LogP contribution in [0.25, 0.3) is 0 Å². The number of carboxylic acids is 1. The first kappa shape index (κ1) is 29.0. The van der Waals surface area contributed by atoms with Gasteiger partial charge in [0.1, 0.15) is 6.04 Å². The van der Waals surface area contributed by atoms with Gasteiger partial charge in [0.15, 0.2) is 0 Å². The molecule has 2 aliphatic rings. The summed E-state index contributed by atoms with van der Waals surface area (Å²) in [4.78, 5) is 32.4. The molecule has 0 aliphatic carbocycles. The summed E-state index contributed by atoms with van der Waals surface area (Å²) in [5.74, 6) is 0.0903. The van der Waals surface area contributed by atoms with E-state index in [-0.39, 0.29) is 11.8 Å². The lowest BCUT2D eigenvalue weighted by Crippen LogP contribution is -2.48. The number of aliphatic carboxylic acids is 1. The van der Waals surface area contributed by atoms with Crippen LogP contribution >= 0.6 is 0 Å². The fourth-order valence-electron chi connectivity index (χ4n) is 6.95. The summed E-state index contributed by atoms with van der Waals surface area (Å²) in [7, 11) is 0. The van der Waals surface area contributed by atoms with Gasteiger partial charge in [0, 0.05) is 57.6 Å². The van der Waals surface area contributed by atoms with Crippen LogP contribution in [-0.4, -0.2) is 77.0 Å². The number of aryl methyl sites for hydroxylation is 1. The zero-order valence-corrected chi connectivity index (χ0v) is 24.1. The van der Waals surface area contributed by atoms with E-state index in [1.807, 2.05) is 54.6 Å². The normalized spacial score (nSPS) is 21.0. The molecule has 6 heteroatoms. The van der Waals surface area contributed by atoms with E-state index >= 15 is 0 Å². The summed E-state index contributed by atoms with van der Waals surface area (Å²) >= 11 is 0. The van der Waals surface area contributed by atoms with Crippen molar-refractivity contribution in [3.05, 3.63) is 108 Å². The maximum absolute atomic E-state index is 13.1. The van der Waals surface area contributed by atoms with Crippen LogP contribution in [0.4, 0.5) is 0 Å². The number of hydrogen-bond donors (Lipinski definition) is 1. The highest BCUT2D eigenvalue weighted by atomic mass is 16.4. The number of carboxylic acid groups (broad SMARTS) is 1. The van der Waals surface area contributed by atoms with Gasteiger partial charge in [-0.3, -0.25) is 14.5 Å². The van der Waals surface area contributed by atoms with Crippen molar-refractivity contribution in [3.8, 4) is 0 Å². The Kier molecular flexibility index (Phi) is 9.86. The molecule has 0 radical (unpaired) electrons. The van der Waals surface area contributed by atoms with Gasteiger partial charge in [0.05, 0.1) is 0 Å². The van der Waals surface area contributed by atoms with Crippen LogP contribution in [-0.2, 0) is 16.0 Å². The molecule has 5 rings (SSSR count). The Bertz CT molecular complexity index is 1250. The molecule has 2 saturated heterocycles. The fraction of sp³-hybridized carbons (Fsp3) is 0.429. The number of nitrogens with zero attached hydrogens (tertiary/aromatic N) is 3. The van der Waals surface area contributed by atoms with Crippen molar-refractivity contribution in [2.45, 2.75) is 50.6 Å². The van der Waals surface area contributed by atoms with E-state index in [9.17, 15) is 14.7 Å². The SMILES string of the molecule is CCN(C(=O)CCc1ccccc1)C1CCN(C[C@H]2CN(C(C(=O)O)c3ccccc3)C[C@@H]2c2ccccc2)CC1. The van der Waals surface area contributed by atoms with Crippen LogP contribution in [0, 0.1) is 5.92 Å². The molecule has 3 atom stereocenters. The molecule has 3 aromatic carbocycles. The zero-order chi connectivity index (χ0) is 28.6. The van der Waals surface area contributed by atoms with Crippen LogP contribution in [0.15, 0.2) is 91.0 Å². The molecule has 2 fully saturated rings. The van der Waals surface area contributed by atoms with E-state index in [2.05, 4.69) is 58.0 Å². The lowest BCUT2D eigenvalue weighted by atomic mass is 9.88. The molecule has 1 amide bonds. The number of likely N-dealkylation sites (tertiary alicyclic amines) is 2. The molecular weight excluding hydrogens is 510 g/mol. The fourth-order valence-corrected chi connectivity index (χ4v) is 6.95. The summed E-state index contributed by atoms with van der Waals surface area (Å²) < 4.78 is 0. The first-order chi connectivity index (χ1) is 20.0. The Morgan fingerprint density at radius 3 is 2.10 bits per heavy atom. The van der Waals surface area contributed by atoms with Crippen molar-refractivity contribution in [2.75, 3.05) is 39.3 Å². The van der Waals surface area contributed by atoms with Crippen molar-refractivity contribution in [1.29, 1.82) is 0 Å². The van der Waals surface area contributed by atoms with Crippen molar-refractivity contribution in [1.82, 2.24) is 14.7 Å². The van der Waals surface area contributed by atoms with Crippen molar-refractivity contribution >= 4 is 11.9 Å². The molecule has 0 saturated carbocycles. The molecule has 2 heterocycles. The van der Waals surface area contributed by atoms with Gasteiger partial charge in [-0.2, -0.15) is 0 Å². The van der Waals surface area contributed by atoms with Gasteiger partial charge in [-0.05, 0) is 48.8 Å². The maximum Gasteiger partial charge on any atom is 0.325 e. The van der Waals surface area contributed by atoms with Crippen LogP contribution < -0.4 is 0 Å². The monoisotopic (exact) mass is 553 g/mol. The molecule has 0 spiro atoms. The molecule has 0 bridgehead atoms. The summed E-state index contributed by atoms with van der Waals surface area (Å²) in [6.45, 7) is 7.20. The standard InChI is InChI=1S/C35H43N3O3/c1-2-38(33(39)19-18-27-12-6-3-7-13-27)31-20-22-36(23-21-31)24-30-25-37(26-32(30)28-14-8-4-9-15-28)34(35(40)41)29-16-10-5-11-17-29/h3-17,30-32,34H,2,18-26H2,1H3,(H,40,41)/t30-,32+,34?/m0/s1. The van der Waals surface area contributed by atoms with Gasteiger partial charge in [0.2, 0.25) is 5.91 Å². The average Bonchev–Trinajstić information content (AvgIpc) is 3.41. The third-order valence-corrected chi connectivity index (χ3v) is 9.03. The predicted octanol–water partition coefficient (Wildman–Crippen LogP) is 5.47. The lowest BCUT2D eigenvalue weighted by Gasteiger charge is -2.39. The summed E-state index contributed by atoms with van der Waals surface area (Å²) in [6.07, 6.45) is 3.31. The van der Waals surface area contributed by atoms with E-state index in [0.717, 1.165) is 64.1 Å². The quantitative estimate of drug-likeness (QED) is 0.341. The summed E-state index contributed by atoms with van der Waals surface area (Å²) in [5.41, 5.74) is 3.33. The average molecular weight is 554 g/mol. The number of hydrogen-bond acceptors (Lipinski definition) is 4. The largest absolute Gasteiger partial charge is 0.480 e. The highest BCUT2D eigenvalue weighted by molar-refractivity contribution is 5.77.